The van der Waals surface area contributed by atoms with Crippen LogP contribution < -0.4 is 0 Å². The molecule has 2 aliphatic rings. The van der Waals surface area contributed by atoms with Gasteiger partial charge in [-0.1, -0.05) is 6.07 Å². The Bertz CT molecular complexity index is 747. The highest BCUT2D eigenvalue weighted by Crippen LogP contribution is 2.41. The molecule has 2 saturated heterocycles. The lowest BCUT2D eigenvalue weighted by atomic mass is 9.78. The number of piperidine rings is 1. The van der Waals surface area contributed by atoms with Crippen LogP contribution in [0.1, 0.15) is 35.5 Å². The van der Waals surface area contributed by atoms with Gasteiger partial charge in [0.1, 0.15) is 0 Å². The predicted octanol–water partition coefficient (Wildman–Crippen LogP) is 2.86. The summed E-state index contributed by atoms with van der Waals surface area (Å²) in [5, 5.41) is 3.25. The second kappa shape index (κ2) is 6.84. The van der Waals surface area contributed by atoms with Crippen molar-refractivity contribution in [3.8, 4) is 0 Å². The van der Waals surface area contributed by atoms with E-state index in [1.165, 1.54) is 0 Å². The third kappa shape index (κ3) is 3.46. The standard InChI is InChI=1S/C19H24N4OS/c1-15-21-17(13-25-15)12-22-8-3-5-19(14-22)6-9-23(18(19)24)11-16-4-2-7-20-10-16/h2,4,7,10,13H,3,5-6,8-9,11-12,14H2,1H3. The van der Waals surface area contributed by atoms with Gasteiger partial charge in [0.2, 0.25) is 5.91 Å². The molecule has 0 saturated carbocycles. The number of carbonyl (C=O) groups excluding carboxylic acids is 1. The minimum Gasteiger partial charge on any atom is -0.338 e. The van der Waals surface area contributed by atoms with E-state index in [4.69, 9.17) is 0 Å². The molecule has 1 unspecified atom stereocenters. The maximum Gasteiger partial charge on any atom is 0.230 e. The fourth-order valence-corrected chi connectivity index (χ4v) is 4.81. The van der Waals surface area contributed by atoms with Gasteiger partial charge in [0.25, 0.3) is 0 Å². The molecule has 2 fully saturated rings. The van der Waals surface area contributed by atoms with Gasteiger partial charge in [-0.25, -0.2) is 4.98 Å². The zero-order valence-corrected chi connectivity index (χ0v) is 15.5. The fraction of sp³-hybridized carbons (Fsp3) is 0.526. The number of nitrogens with zero attached hydrogens (tertiary/aromatic N) is 4. The monoisotopic (exact) mass is 356 g/mol. The third-order valence-electron chi connectivity index (χ3n) is 5.41. The van der Waals surface area contributed by atoms with Crippen molar-refractivity contribution in [2.75, 3.05) is 19.6 Å². The van der Waals surface area contributed by atoms with E-state index in [1.807, 2.05) is 30.2 Å². The first-order valence-electron chi connectivity index (χ1n) is 8.96. The van der Waals surface area contributed by atoms with Gasteiger partial charge in [0.05, 0.1) is 16.1 Å². The van der Waals surface area contributed by atoms with Crippen LogP contribution in [-0.4, -0.2) is 45.3 Å². The molecule has 0 radical (unpaired) electrons. The second-order valence-electron chi connectivity index (χ2n) is 7.29. The molecule has 0 aromatic carbocycles. The van der Waals surface area contributed by atoms with E-state index in [2.05, 4.69) is 20.2 Å². The van der Waals surface area contributed by atoms with Gasteiger partial charge in [0.15, 0.2) is 0 Å². The van der Waals surface area contributed by atoms with Crippen LogP contribution in [0, 0.1) is 12.3 Å². The van der Waals surface area contributed by atoms with Gasteiger partial charge in [-0.05, 0) is 44.4 Å². The Morgan fingerprint density at radius 3 is 2.96 bits per heavy atom. The first-order valence-corrected chi connectivity index (χ1v) is 9.84. The molecule has 1 atom stereocenters. The predicted molar refractivity (Wildman–Crippen MR) is 98.1 cm³/mol. The fourth-order valence-electron chi connectivity index (χ4n) is 4.21. The first kappa shape index (κ1) is 16.7. The number of rotatable bonds is 4. The van der Waals surface area contributed by atoms with Crippen LogP contribution in [-0.2, 0) is 17.9 Å². The summed E-state index contributed by atoms with van der Waals surface area (Å²) in [5.74, 6) is 0.329. The summed E-state index contributed by atoms with van der Waals surface area (Å²) >= 11 is 1.70. The van der Waals surface area contributed by atoms with Crippen LogP contribution in [0.4, 0.5) is 0 Å². The number of pyridine rings is 1. The number of thiazole rings is 1. The number of hydrogen-bond acceptors (Lipinski definition) is 5. The summed E-state index contributed by atoms with van der Waals surface area (Å²) < 4.78 is 0. The summed E-state index contributed by atoms with van der Waals surface area (Å²) in [6.07, 6.45) is 6.71. The van der Waals surface area contributed by atoms with E-state index in [0.717, 1.165) is 61.7 Å². The normalized spacial score (nSPS) is 24.4. The summed E-state index contributed by atoms with van der Waals surface area (Å²) in [6.45, 7) is 6.38. The van der Waals surface area contributed by atoms with Crippen molar-refractivity contribution in [2.24, 2.45) is 5.41 Å². The Labute approximate surface area is 152 Å². The number of amides is 1. The number of likely N-dealkylation sites (tertiary alicyclic amines) is 2. The summed E-state index contributed by atoms with van der Waals surface area (Å²) in [7, 11) is 0. The van der Waals surface area contributed by atoms with Crippen molar-refractivity contribution < 1.29 is 4.79 Å². The zero-order chi connectivity index (χ0) is 17.3. The molecule has 132 valence electrons. The summed E-state index contributed by atoms with van der Waals surface area (Å²) in [6, 6.07) is 3.98. The Morgan fingerprint density at radius 1 is 1.28 bits per heavy atom. The number of hydrogen-bond donors (Lipinski definition) is 0. The molecular formula is C19H24N4OS. The molecule has 0 aliphatic carbocycles. The van der Waals surface area contributed by atoms with Crippen LogP contribution in [0.3, 0.4) is 0 Å². The Hall–Kier alpha value is -1.79. The van der Waals surface area contributed by atoms with E-state index < -0.39 is 0 Å². The van der Waals surface area contributed by atoms with Crippen molar-refractivity contribution in [3.05, 3.63) is 46.2 Å². The average molecular weight is 356 g/mol. The maximum absolute atomic E-state index is 13.2. The topological polar surface area (TPSA) is 49.3 Å². The van der Waals surface area contributed by atoms with E-state index in [9.17, 15) is 4.79 Å². The quantitative estimate of drug-likeness (QED) is 0.845. The lowest BCUT2D eigenvalue weighted by molar-refractivity contribution is -0.139. The summed E-state index contributed by atoms with van der Waals surface area (Å²) in [5.41, 5.74) is 2.06. The molecule has 1 spiro atoms. The van der Waals surface area contributed by atoms with Gasteiger partial charge < -0.3 is 4.90 Å². The molecule has 6 heteroatoms. The van der Waals surface area contributed by atoms with Crippen LogP contribution in [0.15, 0.2) is 29.9 Å². The lowest BCUT2D eigenvalue weighted by Crippen LogP contribution is -2.47. The van der Waals surface area contributed by atoms with Crippen molar-refractivity contribution in [3.63, 3.8) is 0 Å². The minimum absolute atomic E-state index is 0.189. The van der Waals surface area contributed by atoms with E-state index >= 15 is 0 Å². The van der Waals surface area contributed by atoms with Crippen LogP contribution in [0.2, 0.25) is 0 Å². The Morgan fingerprint density at radius 2 is 2.20 bits per heavy atom. The SMILES string of the molecule is Cc1nc(CN2CCCC3(CCN(Cc4cccnc4)C3=O)C2)cs1. The average Bonchev–Trinajstić information content (AvgIpc) is 3.15. The van der Waals surface area contributed by atoms with E-state index in [0.29, 0.717) is 12.5 Å². The van der Waals surface area contributed by atoms with Crippen molar-refractivity contribution in [1.82, 2.24) is 19.8 Å². The van der Waals surface area contributed by atoms with Gasteiger partial charge in [0, 0.05) is 44.0 Å². The van der Waals surface area contributed by atoms with Gasteiger partial charge in [-0.2, -0.15) is 0 Å². The van der Waals surface area contributed by atoms with Gasteiger partial charge in [-0.15, -0.1) is 11.3 Å². The van der Waals surface area contributed by atoms with Crippen molar-refractivity contribution in [2.45, 2.75) is 39.3 Å². The van der Waals surface area contributed by atoms with Gasteiger partial charge in [-0.3, -0.25) is 14.7 Å². The molecule has 4 heterocycles. The molecule has 0 bridgehead atoms. The molecule has 1 amide bonds. The smallest absolute Gasteiger partial charge is 0.230 e. The molecule has 5 nitrogen and oxygen atoms in total. The highest BCUT2D eigenvalue weighted by atomic mass is 32.1. The molecule has 2 aliphatic heterocycles. The van der Waals surface area contributed by atoms with Gasteiger partial charge >= 0.3 is 0 Å². The summed E-state index contributed by atoms with van der Waals surface area (Å²) in [4.78, 5) is 26.3. The van der Waals surface area contributed by atoms with Crippen molar-refractivity contribution in [1.29, 1.82) is 0 Å². The highest BCUT2D eigenvalue weighted by molar-refractivity contribution is 7.09. The first-order chi connectivity index (χ1) is 12.1. The zero-order valence-electron chi connectivity index (χ0n) is 14.6. The molecule has 2 aromatic heterocycles. The third-order valence-corrected chi connectivity index (χ3v) is 6.23. The van der Waals surface area contributed by atoms with Crippen LogP contribution in [0.25, 0.3) is 0 Å². The molecule has 25 heavy (non-hydrogen) atoms. The molecular weight excluding hydrogens is 332 g/mol. The molecule has 4 rings (SSSR count). The largest absolute Gasteiger partial charge is 0.338 e. The van der Waals surface area contributed by atoms with Crippen molar-refractivity contribution >= 4 is 17.2 Å². The Balaban J connectivity index is 1.43. The molecule has 0 N–H and O–H groups in total. The number of aromatic nitrogens is 2. The van der Waals surface area contributed by atoms with E-state index in [1.54, 1.807) is 17.5 Å². The maximum atomic E-state index is 13.2. The number of aryl methyl sites for hydroxylation is 1. The van der Waals surface area contributed by atoms with Crippen LogP contribution >= 0.6 is 11.3 Å². The Kier molecular flexibility index (Phi) is 4.56. The highest BCUT2D eigenvalue weighted by Gasteiger charge is 2.48. The second-order valence-corrected chi connectivity index (χ2v) is 8.35. The van der Waals surface area contributed by atoms with Crippen LogP contribution in [0.5, 0.6) is 0 Å². The van der Waals surface area contributed by atoms with E-state index in [-0.39, 0.29) is 5.41 Å². The number of carbonyl (C=O) groups is 1. The molecule has 2 aromatic rings. The lowest BCUT2D eigenvalue weighted by Gasteiger charge is -2.38. The minimum atomic E-state index is -0.189.